The van der Waals surface area contributed by atoms with Gasteiger partial charge in [-0.15, -0.1) is 11.8 Å². The molecule has 2 aromatic rings. The highest BCUT2D eigenvalue weighted by molar-refractivity contribution is 9.10. The molecule has 4 heteroatoms. The normalized spacial score (nSPS) is 12.3. The largest absolute Gasteiger partial charge is 0.271 e. The van der Waals surface area contributed by atoms with Crippen LogP contribution in [-0.4, -0.2) is 11.8 Å². The van der Waals surface area contributed by atoms with Gasteiger partial charge >= 0.3 is 0 Å². The van der Waals surface area contributed by atoms with Crippen molar-refractivity contribution in [3.8, 4) is 0 Å². The molecule has 0 fully saturated rings. The van der Waals surface area contributed by atoms with Crippen molar-refractivity contribution >= 4 is 27.7 Å². The standard InChI is InChI=1S/C16H19BrN2S/c17-14-7-4-8-16(11-14)20-12-15(19-18)10-9-13-5-2-1-3-6-13/h1-8,11,15,19H,9-10,12,18H2. The molecule has 2 nitrogen and oxygen atoms in total. The van der Waals surface area contributed by atoms with E-state index in [1.54, 1.807) is 0 Å². The number of halogens is 1. The van der Waals surface area contributed by atoms with Gasteiger partial charge in [0.1, 0.15) is 0 Å². The molecule has 0 saturated heterocycles. The SMILES string of the molecule is NNC(CCc1ccccc1)CSc1cccc(Br)c1. The molecule has 0 aliphatic heterocycles. The Labute approximate surface area is 133 Å². The highest BCUT2D eigenvalue weighted by Gasteiger charge is 2.08. The van der Waals surface area contributed by atoms with Crippen molar-refractivity contribution in [2.45, 2.75) is 23.8 Å². The number of thioether (sulfide) groups is 1. The van der Waals surface area contributed by atoms with Crippen LogP contribution in [0.3, 0.4) is 0 Å². The van der Waals surface area contributed by atoms with E-state index < -0.39 is 0 Å². The summed E-state index contributed by atoms with van der Waals surface area (Å²) < 4.78 is 1.11. The van der Waals surface area contributed by atoms with E-state index in [1.807, 2.05) is 23.9 Å². The molecule has 0 radical (unpaired) electrons. The number of hydrazine groups is 1. The zero-order valence-electron chi connectivity index (χ0n) is 11.3. The third kappa shape index (κ3) is 5.29. The Morgan fingerprint density at radius 3 is 2.60 bits per heavy atom. The minimum atomic E-state index is 0.319. The molecule has 0 saturated carbocycles. The summed E-state index contributed by atoms with van der Waals surface area (Å²) in [5, 5.41) is 0. The minimum Gasteiger partial charge on any atom is -0.271 e. The first kappa shape index (κ1) is 15.6. The molecule has 0 aliphatic rings. The average molecular weight is 351 g/mol. The zero-order valence-corrected chi connectivity index (χ0v) is 13.7. The fourth-order valence-electron chi connectivity index (χ4n) is 1.95. The zero-order chi connectivity index (χ0) is 14.2. The third-order valence-corrected chi connectivity index (χ3v) is 4.76. The third-order valence-electron chi connectivity index (χ3n) is 3.11. The number of aryl methyl sites for hydroxylation is 1. The monoisotopic (exact) mass is 350 g/mol. The van der Waals surface area contributed by atoms with Crippen LogP contribution >= 0.6 is 27.7 Å². The van der Waals surface area contributed by atoms with E-state index in [0.29, 0.717) is 6.04 Å². The van der Waals surface area contributed by atoms with Crippen molar-refractivity contribution in [2.24, 2.45) is 5.84 Å². The molecule has 106 valence electrons. The summed E-state index contributed by atoms with van der Waals surface area (Å²) in [4.78, 5) is 1.26. The molecule has 0 aliphatic carbocycles. The van der Waals surface area contributed by atoms with Crippen LogP contribution in [0.15, 0.2) is 64.0 Å². The molecule has 1 unspecified atom stereocenters. The molecular weight excluding hydrogens is 332 g/mol. The van der Waals surface area contributed by atoms with Gasteiger partial charge in [0.05, 0.1) is 0 Å². The predicted molar refractivity (Wildman–Crippen MR) is 90.7 cm³/mol. The van der Waals surface area contributed by atoms with Crippen molar-refractivity contribution in [3.63, 3.8) is 0 Å². The topological polar surface area (TPSA) is 38.0 Å². The Kier molecular flexibility index (Phi) is 6.60. The molecule has 2 aromatic carbocycles. The lowest BCUT2D eigenvalue weighted by atomic mass is 10.1. The van der Waals surface area contributed by atoms with Crippen molar-refractivity contribution in [2.75, 3.05) is 5.75 Å². The quantitative estimate of drug-likeness (QED) is 0.450. The second-order valence-corrected chi connectivity index (χ2v) is 6.67. The van der Waals surface area contributed by atoms with E-state index in [9.17, 15) is 0 Å². The number of nitrogens with two attached hydrogens (primary N) is 1. The van der Waals surface area contributed by atoms with Gasteiger partial charge in [0.25, 0.3) is 0 Å². The molecule has 0 amide bonds. The fraction of sp³-hybridized carbons (Fsp3) is 0.250. The van der Waals surface area contributed by atoms with Crippen molar-refractivity contribution in [1.29, 1.82) is 0 Å². The maximum absolute atomic E-state index is 5.66. The van der Waals surface area contributed by atoms with E-state index in [1.165, 1.54) is 10.5 Å². The van der Waals surface area contributed by atoms with Crippen LogP contribution in [0.1, 0.15) is 12.0 Å². The van der Waals surface area contributed by atoms with Gasteiger partial charge in [-0.25, -0.2) is 0 Å². The van der Waals surface area contributed by atoms with Crippen molar-refractivity contribution < 1.29 is 0 Å². The van der Waals surface area contributed by atoms with Gasteiger partial charge in [0, 0.05) is 21.2 Å². The van der Waals surface area contributed by atoms with Crippen LogP contribution in [0.5, 0.6) is 0 Å². The van der Waals surface area contributed by atoms with Crippen LogP contribution < -0.4 is 11.3 Å². The first-order chi connectivity index (χ1) is 9.78. The Hall–Kier alpha value is -0.810. The molecule has 20 heavy (non-hydrogen) atoms. The van der Waals surface area contributed by atoms with E-state index in [2.05, 4.69) is 63.8 Å². The van der Waals surface area contributed by atoms with Gasteiger partial charge in [-0.1, -0.05) is 52.3 Å². The fourth-order valence-corrected chi connectivity index (χ4v) is 3.55. The molecule has 2 rings (SSSR count). The van der Waals surface area contributed by atoms with Crippen molar-refractivity contribution in [1.82, 2.24) is 5.43 Å². The molecule has 0 bridgehead atoms. The number of hydrogen-bond donors (Lipinski definition) is 2. The summed E-state index contributed by atoms with van der Waals surface area (Å²) in [7, 11) is 0. The van der Waals surface area contributed by atoms with Crippen LogP contribution in [0, 0.1) is 0 Å². The highest BCUT2D eigenvalue weighted by atomic mass is 79.9. The van der Waals surface area contributed by atoms with Crippen LogP contribution in [0.2, 0.25) is 0 Å². The summed E-state index contributed by atoms with van der Waals surface area (Å²) >= 11 is 5.32. The maximum Gasteiger partial charge on any atom is 0.0307 e. The molecule has 0 heterocycles. The molecular formula is C16H19BrN2S. The average Bonchev–Trinajstić information content (AvgIpc) is 2.48. The van der Waals surface area contributed by atoms with Gasteiger partial charge < -0.3 is 0 Å². The minimum absolute atomic E-state index is 0.319. The Balaban J connectivity index is 1.80. The lowest BCUT2D eigenvalue weighted by molar-refractivity contribution is 0.539. The second-order valence-electron chi connectivity index (χ2n) is 4.66. The van der Waals surface area contributed by atoms with Crippen LogP contribution in [0.25, 0.3) is 0 Å². The molecule has 1 atom stereocenters. The molecule has 0 spiro atoms. The molecule has 3 N–H and O–H groups in total. The Morgan fingerprint density at radius 2 is 1.90 bits per heavy atom. The van der Waals surface area contributed by atoms with E-state index in [0.717, 1.165) is 23.1 Å². The summed E-state index contributed by atoms with van der Waals surface area (Å²) in [5.41, 5.74) is 4.29. The summed E-state index contributed by atoms with van der Waals surface area (Å²) in [6.07, 6.45) is 2.09. The predicted octanol–water partition coefficient (Wildman–Crippen LogP) is 4.01. The summed E-state index contributed by atoms with van der Waals surface area (Å²) in [6.45, 7) is 0. The van der Waals surface area contributed by atoms with Gasteiger partial charge in [-0.3, -0.25) is 11.3 Å². The Morgan fingerprint density at radius 1 is 1.10 bits per heavy atom. The van der Waals surface area contributed by atoms with Gasteiger partial charge in [-0.2, -0.15) is 0 Å². The maximum atomic E-state index is 5.66. The first-order valence-corrected chi connectivity index (χ1v) is 8.44. The first-order valence-electron chi connectivity index (χ1n) is 6.66. The smallest absolute Gasteiger partial charge is 0.0307 e. The van der Waals surface area contributed by atoms with E-state index in [-0.39, 0.29) is 0 Å². The number of hydrogen-bond acceptors (Lipinski definition) is 3. The van der Waals surface area contributed by atoms with Crippen LogP contribution in [-0.2, 0) is 6.42 Å². The Bertz CT molecular complexity index is 519. The van der Waals surface area contributed by atoms with E-state index >= 15 is 0 Å². The number of benzene rings is 2. The molecule has 0 aromatic heterocycles. The summed E-state index contributed by atoms with van der Waals surface area (Å²) in [6, 6.07) is 19.2. The lowest BCUT2D eigenvalue weighted by Gasteiger charge is -2.15. The lowest BCUT2D eigenvalue weighted by Crippen LogP contribution is -2.37. The van der Waals surface area contributed by atoms with Crippen molar-refractivity contribution in [3.05, 3.63) is 64.6 Å². The number of rotatable bonds is 7. The number of nitrogens with one attached hydrogen (secondary N) is 1. The van der Waals surface area contributed by atoms with Gasteiger partial charge in [0.2, 0.25) is 0 Å². The highest BCUT2D eigenvalue weighted by Crippen LogP contribution is 2.23. The van der Waals surface area contributed by atoms with Gasteiger partial charge in [0.15, 0.2) is 0 Å². The van der Waals surface area contributed by atoms with Gasteiger partial charge in [-0.05, 0) is 36.6 Å². The van der Waals surface area contributed by atoms with E-state index in [4.69, 9.17) is 5.84 Å². The summed E-state index contributed by atoms with van der Waals surface area (Å²) in [5.74, 6) is 6.63. The second kappa shape index (κ2) is 8.47. The van der Waals surface area contributed by atoms with Crippen LogP contribution in [0.4, 0.5) is 0 Å².